The zero-order valence-corrected chi connectivity index (χ0v) is 17.4. The highest BCUT2D eigenvalue weighted by atomic mass is 16.2. The van der Waals surface area contributed by atoms with E-state index < -0.39 is 0 Å². The van der Waals surface area contributed by atoms with Crippen molar-refractivity contribution >= 4 is 28.4 Å². The summed E-state index contributed by atoms with van der Waals surface area (Å²) in [6.45, 7) is 0.658. The molecule has 8 heteroatoms. The molecular weight excluding hydrogens is 392 g/mol. The van der Waals surface area contributed by atoms with Gasteiger partial charge in [-0.05, 0) is 31.0 Å². The Bertz CT molecular complexity index is 1310. The van der Waals surface area contributed by atoms with Crippen LogP contribution in [0.25, 0.3) is 16.6 Å². The molecule has 1 aliphatic heterocycles. The SMILES string of the molecule is CN(C)C(=O)c1cnn2c([C@@H]3CCCN3C(=O)c3cnc4ccccc4c3)ccnc12. The van der Waals surface area contributed by atoms with Crippen LogP contribution in [-0.4, -0.2) is 61.8 Å². The number of fused-ring (bicyclic) bond motifs is 2. The van der Waals surface area contributed by atoms with Gasteiger partial charge in [0.15, 0.2) is 5.65 Å². The first kappa shape index (κ1) is 19.2. The van der Waals surface area contributed by atoms with Crippen molar-refractivity contribution in [2.75, 3.05) is 20.6 Å². The molecule has 1 aromatic carbocycles. The van der Waals surface area contributed by atoms with E-state index >= 15 is 0 Å². The quantitative estimate of drug-likeness (QED) is 0.515. The molecule has 3 aromatic heterocycles. The third-order valence-corrected chi connectivity index (χ3v) is 5.76. The van der Waals surface area contributed by atoms with E-state index in [0.29, 0.717) is 23.3 Å². The lowest BCUT2D eigenvalue weighted by molar-refractivity contribution is 0.0730. The van der Waals surface area contributed by atoms with Crippen LogP contribution in [0.1, 0.15) is 45.3 Å². The van der Waals surface area contributed by atoms with Crippen LogP contribution in [0.3, 0.4) is 0 Å². The Balaban J connectivity index is 1.52. The Hall–Kier alpha value is -3.81. The maximum Gasteiger partial charge on any atom is 0.258 e. The van der Waals surface area contributed by atoms with E-state index in [1.165, 1.54) is 4.90 Å². The van der Waals surface area contributed by atoms with E-state index in [0.717, 1.165) is 29.4 Å². The number of rotatable bonds is 3. The van der Waals surface area contributed by atoms with Crippen molar-refractivity contribution < 1.29 is 9.59 Å². The summed E-state index contributed by atoms with van der Waals surface area (Å²) in [4.78, 5) is 38.1. The van der Waals surface area contributed by atoms with Crippen LogP contribution in [-0.2, 0) is 0 Å². The van der Waals surface area contributed by atoms with Gasteiger partial charge in [0.2, 0.25) is 0 Å². The van der Waals surface area contributed by atoms with Crippen molar-refractivity contribution in [1.82, 2.24) is 29.4 Å². The highest BCUT2D eigenvalue weighted by Crippen LogP contribution is 2.33. The van der Waals surface area contributed by atoms with E-state index in [1.807, 2.05) is 41.3 Å². The fourth-order valence-corrected chi connectivity index (χ4v) is 4.23. The molecule has 0 saturated carbocycles. The molecule has 4 heterocycles. The molecule has 0 unspecified atom stereocenters. The Morgan fingerprint density at radius 2 is 1.94 bits per heavy atom. The molecule has 8 nitrogen and oxygen atoms in total. The van der Waals surface area contributed by atoms with Crippen LogP contribution in [0.2, 0.25) is 0 Å². The number of carbonyl (C=O) groups is 2. The van der Waals surface area contributed by atoms with Crippen molar-refractivity contribution in [1.29, 1.82) is 0 Å². The molecule has 2 amide bonds. The Morgan fingerprint density at radius 3 is 2.77 bits per heavy atom. The first-order valence-corrected chi connectivity index (χ1v) is 10.2. The number of benzene rings is 1. The molecule has 1 fully saturated rings. The normalized spacial score (nSPS) is 16.2. The minimum Gasteiger partial charge on any atom is -0.345 e. The van der Waals surface area contributed by atoms with Gasteiger partial charge in [-0.15, -0.1) is 0 Å². The summed E-state index contributed by atoms with van der Waals surface area (Å²) in [5, 5.41) is 5.37. The number of aromatic nitrogens is 4. The van der Waals surface area contributed by atoms with Crippen LogP contribution in [0.5, 0.6) is 0 Å². The molecule has 1 atom stereocenters. The van der Waals surface area contributed by atoms with Gasteiger partial charge in [-0.25, -0.2) is 9.50 Å². The monoisotopic (exact) mass is 414 g/mol. The topological polar surface area (TPSA) is 83.7 Å². The van der Waals surface area contributed by atoms with Crippen LogP contribution >= 0.6 is 0 Å². The molecule has 0 aliphatic carbocycles. The van der Waals surface area contributed by atoms with E-state index in [4.69, 9.17) is 0 Å². The first-order chi connectivity index (χ1) is 15.0. The maximum absolute atomic E-state index is 13.4. The van der Waals surface area contributed by atoms with Crippen molar-refractivity contribution in [3.63, 3.8) is 0 Å². The van der Waals surface area contributed by atoms with Gasteiger partial charge in [0.25, 0.3) is 11.8 Å². The zero-order valence-electron chi connectivity index (χ0n) is 17.4. The third-order valence-electron chi connectivity index (χ3n) is 5.76. The second kappa shape index (κ2) is 7.46. The molecule has 1 saturated heterocycles. The second-order valence-corrected chi connectivity index (χ2v) is 7.94. The van der Waals surface area contributed by atoms with Gasteiger partial charge in [0.1, 0.15) is 5.56 Å². The minimum atomic E-state index is -0.152. The minimum absolute atomic E-state index is 0.0533. The molecule has 0 N–H and O–H groups in total. The average Bonchev–Trinajstić information content (AvgIpc) is 3.45. The number of pyridine rings is 1. The number of hydrogen-bond acceptors (Lipinski definition) is 5. The van der Waals surface area contributed by atoms with Gasteiger partial charge in [-0.3, -0.25) is 14.6 Å². The van der Waals surface area contributed by atoms with E-state index in [2.05, 4.69) is 15.1 Å². The number of para-hydroxylation sites is 1. The second-order valence-electron chi connectivity index (χ2n) is 7.94. The Morgan fingerprint density at radius 1 is 1.10 bits per heavy atom. The lowest BCUT2D eigenvalue weighted by Crippen LogP contribution is -2.31. The predicted molar refractivity (Wildman–Crippen MR) is 116 cm³/mol. The molecule has 5 rings (SSSR count). The summed E-state index contributed by atoms with van der Waals surface area (Å²) in [6, 6.07) is 11.4. The van der Waals surface area contributed by atoms with Crippen LogP contribution in [0.15, 0.2) is 55.0 Å². The highest BCUT2D eigenvalue weighted by Gasteiger charge is 2.33. The first-order valence-electron chi connectivity index (χ1n) is 10.2. The lowest BCUT2D eigenvalue weighted by atomic mass is 10.1. The summed E-state index contributed by atoms with van der Waals surface area (Å²) >= 11 is 0. The molecule has 0 radical (unpaired) electrons. The number of hydrogen-bond donors (Lipinski definition) is 0. The van der Waals surface area contributed by atoms with Gasteiger partial charge in [0.05, 0.1) is 29.0 Å². The fraction of sp³-hybridized carbons (Fsp3) is 0.261. The molecule has 1 aliphatic rings. The molecular formula is C23H22N6O2. The van der Waals surface area contributed by atoms with E-state index in [9.17, 15) is 9.59 Å². The lowest BCUT2D eigenvalue weighted by Gasteiger charge is -2.25. The molecule has 0 spiro atoms. The predicted octanol–water partition coefficient (Wildman–Crippen LogP) is 2.96. The molecule has 0 bridgehead atoms. The largest absolute Gasteiger partial charge is 0.345 e. The van der Waals surface area contributed by atoms with Crippen LogP contribution in [0, 0.1) is 0 Å². The van der Waals surface area contributed by atoms with Crippen LogP contribution < -0.4 is 0 Å². The number of likely N-dealkylation sites (tertiary alicyclic amines) is 1. The Labute approximate surface area is 179 Å². The summed E-state index contributed by atoms with van der Waals surface area (Å²) in [5.74, 6) is -0.205. The van der Waals surface area contributed by atoms with Gasteiger partial charge in [0, 0.05) is 38.4 Å². The van der Waals surface area contributed by atoms with Crippen molar-refractivity contribution in [3.05, 3.63) is 71.8 Å². The van der Waals surface area contributed by atoms with Gasteiger partial charge >= 0.3 is 0 Å². The van der Waals surface area contributed by atoms with Crippen molar-refractivity contribution in [2.24, 2.45) is 0 Å². The maximum atomic E-state index is 13.4. The van der Waals surface area contributed by atoms with Gasteiger partial charge in [-0.1, -0.05) is 18.2 Å². The summed E-state index contributed by atoms with van der Waals surface area (Å²) in [6.07, 6.45) is 6.58. The zero-order chi connectivity index (χ0) is 21.5. The van der Waals surface area contributed by atoms with Gasteiger partial charge < -0.3 is 9.80 Å². The van der Waals surface area contributed by atoms with Gasteiger partial charge in [-0.2, -0.15) is 5.10 Å². The number of nitrogens with zero attached hydrogens (tertiary/aromatic N) is 6. The standard InChI is InChI=1S/C23H22N6O2/c1-27(2)23(31)17-14-26-29-20(9-10-24-21(17)29)19-8-5-11-28(19)22(30)16-12-15-6-3-4-7-18(15)25-13-16/h3-4,6-7,9-10,12-14,19H,5,8,11H2,1-2H3/t19-/m0/s1. The molecule has 4 aromatic rings. The molecule has 31 heavy (non-hydrogen) atoms. The summed E-state index contributed by atoms with van der Waals surface area (Å²) in [5.41, 5.74) is 3.23. The smallest absolute Gasteiger partial charge is 0.258 e. The number of carbonyl (C=O) groups excluding carboxylic acids is 2. The van der Waals surface area contributed by atoms with Crippen molar-refractivity contribution in [2.45, 2.75) is 18.9 Å². The van der Waals surface area contributed by atoms with E-state index in [-0.39, 0.29) is 17.9 Å². The van der Waals surface area contributed by atoms with Crippen LogP contribution in [0.4, 0.5) is 0 Å². The van der Waals surface area contributed by atoms with E-state index in [1.54, 1.807) is 37.2 Å². The summed E-state index contributed by atoms with van der Waals surface area (Å²) in [7, 11) is 3.40. The number of amides is 2. The Kier molecular flexibility index (Phi) is 4.62. The highest BCUT2D eigenvalue weighted by molar-refractivity contribution is 5.99. The fourth-order valence-electron chi connectivity index (χ4n) is 4.23. The third kappa shape index (κ3) is 3.20. The summed E-state index contributed by atoms with van der Waals surface area (Å²) < 4.78 is 1.69. The average molecular weight is 414 g/mol. The molecule has 156 valence electrons. The van der Waals surface area contributed by atoms with Crippen molar-refractivity contribution in [3.8, 4) is 0 Å².